The molecule has 3 rings (SSSR count). The van der Waals surface area contributed by atoms with Gasteiger partial charge in [-0.25, -0.2) is 4.39 Å². The van der Waals surface area contributed by atoms with Gasteiger partial charge in [-0.15, -0.1) is 0 Å². The van der Waals surface area contributed by atoms with Crippen molar-refractivity contribution in [2.24, 2.45) is 0 Å². The number of amides is 2. The van der Waals surface area contributed by atoms with Crippen LogP contribution >= 0.6 is 43.6 Å². The lowest BCUT2D eigenvalue weighted by molar-refractivity contribution is -0.149. The quantitative estimate of drug-likeness (QED) is 0.296. The first-order valence-corrected chi connectivity index (χ1v) is 11.9. The predicted octanol–water partition coefficient (Wildman–Crippen LogP) is 5.92. The highest BCUT2D eigenvalue weighted by molar-refractivity contribution is 9.11. The summed E-state index contributed by atoms with van der Waals surface area (Å²) >= 11 is 7.60. The van der Waals surface area contributed by atoms with E-state index < -0.39 is 23.7 Å². The van der Waals surface area contributed by atoms with E-state index in [0.717, 1.165) is 16.7 Å². The maximum absolute atomic E-state index is 13.8. The van der Waals surface area contributed by atoms with Crippen LogP contribution in [0.3, 0.4) is 0 Å². The number of hydrogen-bond acceptors (Lipinski definition) is 6. The van der Waals surface area contributed by atoms with E-state index in [2.05, 4.69) is 31.9 Å². The van der Waals surface area contributed by atoms with E-state index in [9.17, 15) is 18.8 Å². The van der Waals surface area contributed by atoms with Gasteiger partial charge in [-0.05, 0) is 87.3 Å². The van der Waals surface area contributed by atoms with Crippen LogP contribution in [0.15, 0.2) is 50.2 Å². The number of carbonyl (C=O) groups excluding carboxylic acids is 3. The number of benzene rings is 2. The zero-order valence-corrected chi connectivity index (χ0v) is 21.1. The van der Waals surface area contributed by atoms with Gasteiger partial charge in [0.2, 0.25) is 0 Å². The molecule has 1 saturated heterocycles. The van der Waals surface area contributed by atoms with Crippen molar-refractivity contribution in [3.05, 3.63) is 67.2 Å². The Morgan fingerprint density at radius 3 is 2.47 bits per heavy atom. The van der Waals surface area contributed by atoms with Crippen molar-refractivity contribution in [2.75, 3.05) is 6.54 Å². The van der Waals surface area contributed by atoms with Crippen molar-refractivity contribution in [3.8, 4) is 5.75 Å². The summed E-state index contributed by atoms with van der Waals surface area (Å²) in [4.78, 5) is 37.7. The van der Waals surface area contributed by atoms with Gasteiger partial charge in [0.15, 0.2) is 0 Å². The fraction of sp³-hybridized carbons (Fsp3) is 0.227. The van der Waals surface area contributed by atoms with E-state index in [1.165, 1.54) is 6.07 Å². The van der Waals surface area contributed by atoms with E-state index in [1.54, 1.807) is 50.3 Å². The largest absolute Gasteiger partial charge is 0.486 e. The predicted molar refractivity (Wildman–Crippen MR) is 126 cm³/mol. The van der Waals surface area contributed by atoms with Crippen LogP contribution in [0.2, 0.25) is 0 Å². The summed E-state index contributed by atoms with van der Waals surface area (Å²) in [5.74, 6) is -1.10. The lowest BCUT2D eigenvalue weighted by atomic mass is 10.2. The molecule has 2 aromatic carbocycles. The monoisotopic (exact) mass is 585 g/mol. The van der Waals surface area contributed by atoms with Crippen LogP contribution < -0.4 is 4.74 Å². The van der Waals surface area contributed by atoms with Crippen molar-refractivity contribution >= 4 is 66.8 Å². The number of hydrogen-bond donors (Lipinski definition) is 0. The molecule has 0 bridgehead atoms. The van der Waals surface area contributed by atoms with Crippen LogP contribution in [0.1, 0.15) is 25.0 Å². The normalized spacial score (nSPS) is 15.1. The summed E-state index contributed by atoms with van der Waals surface area (Å²) in [7, 11) is 0. The van der Waals surface area contributed by atoms with Crippen molar-refractivity contribution in [1.29, 1.82) is 0 Å². The van der Waals surface area contributed by atoms with Crippen molar-refractivity contribution in [3.63, 3.8) is 0 Å². The summed E-state index contributed by atoms with van der Waals surface area (Å²) in [5, 5.41) is -0.537. The molecule has 6 nitrogen and oxygen atoms in total. The van der Waals surface area contributed by atoms with E-state index >= 15 is 0 Å². The summed E-state index contributed by atoms with van der Waals surface area (Å²) in [6.07, 6.45) is 1.21. The van der Waals surface area contributed by atoms with Crippen LogP contribution in [0, 0.1) is 5.82 Å². The average Bonchev–Trinajstić information content (AvgIpc) is 2.95. The van der Waals surface area contributed by atoms with Crippen molar-refractivity contribution < 1.29 is 28.2 Å². The Kier molecular flexibility index (Phi) is 8.13. The number of halogens is 3. The lowest BCUT2D eigenvalue weighted by Gasteiger charge is -2.13. The summed E-state index contributed by atoms with van der Waals surface area (Å²) in [5.41, 5.74) is 1.04. The Morgan fingerprint density at radius 1 is 1.19 bits per heavy atom. The summed E-state index contributed by atoms with van der Waals surface area (Å²) < 4.78 is 25.7. The molecule has 0 aromatic heterocycles. The Labute approximate surface area is 205 Å². The van der Waals surface area contributed by atoms with E-state index in [-0.39, 0.29) is 23.4 Å². The van der Waals surface area contributed by atoms with Crippen LogP contribution in [0.25, 0.3) is 6.08 Å². The summed E-state index contributed by atoms with van der Waals surface area (Å²) in [6.45, 7) is 2.97. The first-order valence-electron chi connectivity index (χ1n) is 9.45. The van der Waals surface area contributed by atoms with Crippen LogP contribution in [0.4, 0.5) is 9.18 Å². The van der Waals surface area contributed by atoms with E-state index in [0.29, 0.717) is 25.8 Å². The molecule has 0 unspecified atom stereocenters. The minimum Gasteiger partial charge on any atom is -0.486 e. The van der Waals surface area contributed by atoms with Crippen molar-refractivity contribution in [2.45, 2.75) is 26.6 Å². The molecule has 1 aliphatic rings. The molecule has 1 aliphatic heterocycles. The molecule has 1 heterocycles. The first-order chi connectivity index (χ1) is 15.2. The third kappa shape index (κ3) is 5.99. The number of nitrogens with zero attached hydrogens (tertiary/aromatic N) is 1. The zero-order chi connectivity index (χ0) is 23.4. The van der Waals surface area contributed by atoms with Gasteiger partial charge in [-0.3, -0.25) is 19.3 Å². The maximum Gasteiger partial charge on any atom is 0.326 e. The molecule has 0 aliphatic carbocycles. The number of esters is 1. The Balaban J connectivity index is 1.74. The molecule has 10 heteroatoms. The molecule has 168 valence electrons. The molecule has 2 amide bonds. The molecular formula is C22H18Br2FNO5S. The minimum absolute atomic E-state index is 0.0363. The molecule has 2 aromatic rings. The average molecular weight is 587 g/mol. The smallest absolute Gasteiger partial charge is 0.326 e. The highest BCUT2D eigenvalue weighted by Gasteiger charge is 2.36. The van der Waals surface area contributed by atoms with Crippen molar-refractivity contribution in [1.82, 2.24) is 4.90 Å². The topological polar surface area (TPSA) is 72.9 Å². The number of imide groups is 1. The second kappa shape index (κ2) is 10.6. The number of carbonyl (C=O) groups is 3. The van der Waals surface area contributed by atoms with Crippen LogP contribution in [-0.2, 0) is 20.9 Å². The third-order valence-electron chi connectivity index (χ3n) is 4.18. The van der Waals surface area contributed by atoms with Gasteiger partial charge in [0.05, 0.1) is 20.0 Å². The van der Waals surface area contributed by atoms with E-state index in [1.807, 2.05) is 0 Å². The van der Waals surface area contributed by atoms with Gasteiger partial charge in [-0.2, -0.15) is 0 Å². The lowest BCUT2D eigenvalue weighted by Crippen LogP contribution is -2.35. The third-order valence-corrected chi connectivity index (χ3v) is 6.26. The number of thioether (sulfide) groups is 1. The van der Waals surface area contributed by atoms with Crippen LogP contribution in [-0.4, -0.2) is 34.7 Å². The minimum atomic E-state index is -0.648. The summed E-state index contributed by atoms with van der Waals surface area (Å²) in [6, 6.07) is 9.75. The van der Waals surface area contributed by atoms with E-state index in [4.69, 9.17) is 9.47 Å². The highest BCUT2D eigenvalue weighted by Crippen LogP contribution is 2.38. The molecule has 0 N–H and O–H groups in total. The first kappa shape index (κ1) is 24.5. The fourth-order valence-electron chi connectivity index (χ4n) is 2.78. The second-order valence-electron chi connectivity index (χ2n) is 7.00. The fourth-order valence-corrected chi connectivity index (χ4v) is 5.07. The number of rotatable bonds is 7. The molecule has 0 spiro atoms. The van der Waals surface area contributed by atoms with Gasteiger partial charge >= 0.3 is 5.97 Å². The maximum atomic E-state index is 13.8. The molecule has 32 heavy (non-hydrogen) atoms. The molecule has 0 atom stereocenters. The second-order valence-corrected chi connectivity index (χ2v) is 9.70. The number of ether oxygens (including phenoxy) is 2. The SMILES string of the molecule is CC(C)OC(=O)CN1C(=O)S/C(=C\c2cc(Br)c(OCc3ccccc3F)c(Br)c2)C1=O. The Bertz CT molecular complexity index is 1080. The Morgan fingerprint density at radius 2 is 1.84 bits per heavy atom. The molecule has 1 fully saturated rings. The molecule has 0 saturated carbocycles. The molecular weight excluding hydrogens is 569 g/mol. The standard InChI is InChI=1S/C22H18Br2FNO5S/c1-12(2)31-19(27)10-26-21(28)18(32-22(26)29)9-13-7-15(23)20(16(24)8-13)30-11-14-5-3-4-6-17(14)25/h3-9,12H,10-11H2,1-2H3/b18-9-. The molecule has 0 radical (unpaired) electrons. The van der Waals surface area contributed by atoms with Gasteiger partial charge in [0.1, 0.15) is 24.7 Å². The highest BCUT2D eigenvalue weighted by atomic mass is 79.9. The Hall–Kier alpha value is -2.17. The van der Waals surface area contributed by atoms with Gasteiger partial charge < -0.3 is 9.47 Å². The zero-order valence-electron chi connectivity index (χ0n) is 17.1. The van der Waals surface area contributed by atoms with Gasteiger partial charge in [0, 0.05) is 5.56 Å². The van der Waals surface area contributed by atoms with Gasteiger partial charge in [0.25, 0.3) is 11.1 Å². The van der Waals surface area contributed by atoms with Crippen LogP contribution in [0.5, 0.6) is 5.75 Å². The van der Waals surface area contributed by atoms with Gasteiger partial charge in [-0.1, -0.05) is 18.2 Å².